The van der Waals surface area contributed by atoms with E-state index in [1.165, 1.54) is 7.11 Å². The molecule has 0 aliphatic rings. The number of amides is 1. The van der Waals surface area contributed by atoms with E-state index in [1.54, 1.807) is 0 Å². The molecule has 20 heavy (non-hydrogen) atoms. The minimum Gasteiger partial charge on any atom is -0.469 e. The zero-order chi connectivity index (χ0) is 15.4. The maximum absolute atomic E-state index is 11.8. The second-order valence-corrected chi connectivity index (χ2v) is 4.69. The van der Waals surface area contributed by atoms with Gasteiger partial charge in [-0.05, 0) is 19.3 Å². The third-order valence-corrected chi connectivity index (χ3v) is 3.30. The lowest BCUT2D eigenvalue weighted by Crippen LogP contribution is -2.44. The summed E-state index contributed by atoms with van der Waals surface area (Å²) in [5, 5.41) is 11.9. The highest BCUT2D eigenvalue weighted by molar-refractivity contribution is 5.78. The van der Waals surface area contributed by atoms with Crippen molar-refractivity contribution in [2.75, 3.05) is 33.4 Å². The second-order valence-electron chi connectivity index (χ2n) is 4.69. The van der Waals surface area contributed by atoms with Crippen LogP contribution in [0.4, 0.5) is 0 Å². The quantitative estimate of drug-likeness (QED) is 0.428. The van der Waals surface area contributed by atoms with Crippen LogP contribution in [0, 0.1) is 0 Å². The lowest BCUT2D eigenvalue weighted by Gasteiger charge is -2.29. The Labute approximate surface area is 121 Å². The summed E-state index contributed by atoms with van der Waals surface area (Å²) in [6, 6.07) is 0.308. The number of aliphatic hydroxyl groups excluding tert-OH is 1. The van der Waals surface area contributed by atoms with Crippen molar-refractivity contribution < 1.29 is 19.4 Å². The van der Waals surface area contributed by atoms with E-state index in [1.807, 2.05) is 4.90 Å². The third-order valence-electron chi connectivity index (χ3n) is 3.30. The molecule has 0 aliphatic heterocycles. The summed E-state index contributed by atoms with van der Waals surface area (Å²) in [7, 11) is 1.35. The molecule has 0 heterocycles. The highest BCUT2D eigenvalue weighted by Gasteiger charge is 2.17. The first-order chi connectivity index (χ1) is 9.58. The maximum Gasteiger partial charge on any atom is 0.305 e. The topological polar surface area (TPSA) is 78.9 Å². The first kappa shape index (κ1) is 18.9. The molecule has 6 nitrogen and oxygen atoms in total. The molecule has 2 N–H and O–H groups in total. The van der Waals surface area contributed by atoms with Gasteiger partial charge in [-0.1, -0.05) is 13.8 Å². The monoisotopic (exact) mass is 288 g/mol. The van der Waals surface area contributed by atoms with Crippen LogP contribution in [0.3, 0.4) is 0 Å². The molecule has 1 amide bonds. The van der Waals surface area contributed by atoms with Crippen LogP contribution < -0.4 is 5.32 Å². The molecule has 6 heteroatoms. The van der Waals surface area contributed by atoms with E-state index in [4.69, 9.17) is 5.11 Å². The normalized spacial score (nSPS) is 10.9. The Bertz CT molecular complexity index is 280. The first-order valence-electron chi connectivity index (χ1n) is 7.27. The molecular weight excluding hydrogens is 260 g/mol. The molecule has 0 radical (unpaired) electrons. The number of carbonyl (C=O) groups is 2. The summed E-state index contributed by atoms with van der Waals surface area (Å²) < 4.78 is 4.53. The molecule has 0 rings (SSSR count). The first-order valence-corrected chi connectivity index (χ1v) is 7.27. The summed E-state index contributed by atoms with van der Waals surface area (Å²) in [6.45, 7) is 5.45. The number of rotatable bonds is 11. The molecule has 0 unspecified atom stereocenters. The van der Waals surface area contributed by atoms with Crippen LogP contribution in [-0.4, -0.2) is 61.3 Å². The lowest BCUT2D eigenvalue weighted by molar-refractivity contribution is -0.140. The molecule has 0 spiro atoms. The fourth-order valence-corrected chi connectivity index (χ4v) is 2.13. The van der Waals surface area contributed by atoms with Crippen LogP contribution >= 0.6 is 0 Å². The van der Waals surface area contributed by atoms with Crippen LogP contribution in [0.2, 0.25) is 0 Å². The van der Waals surface area contributed by atoms with Crippen molar-refractivity contribution in [2.45, 2.75) is 45.6 Å². The van der Waals surface area contributed by atoms with Gasteiger partial charge in [-0.3, -0.25) is 14.5 Å². The maximum atomic E-state index is 11.8. The van der Waals surface area contributed by atoms with Crippen molar-refractivity contribution in [3.8, 4) is 0 Å². The Hall–Kier alpha value is -1.14. The van der Waals surface area contributed by atoms with Gasteiger partial charge in [-0.15, -0.1) is 0 Å². The molecule has 0 aromatic heterocycles. The van der Waals surface area contributed by atoms with Gasteiger partial charge in [-0.2, -0.15) is 0 Å². The Morgan fingerprint density at radius 2 is 1.95 bits per heavy atom. The summed E-state index contributed by atoms with van der Waals surface area (Å²) in [5.74, 6) is -0.339. The SMILES string of the molecule is CCC(CC)N(CCO)CC(=O)NCCCC(=O)OC. The van der Waals surface area contributed by atoms with Gasteiger partial charge in [-0.25, -0.2) is 0 Å². The van der Waals surface area contributed by atoms with Gasteiger partial charge in [0.15, 0.2) is 0 Å². The lowest BCUT2D eigenvalue weighted by atomic mass is 10.1. The molecule has 0 atom stereocenters. The fourth-order valence-electron chi connectivity index (χ4n) is 2.13. The molecular formula is C14H28N2O4. The Balaban J connectivity index is 4.03. The van der Waals surface area contributed by atoms with Crippen molar-refractivity contribution in [3.63, 3.8) is 0 Å². The molecule has 0 aromatic carbocycles. The van der Waals surface area contributed by atoms with E-state index in [-0.39, 0.29) is 25.0 Å². The number of carbonyl (C=O) groups excluding carboxylic acids is 2. The smallest absolute Gasteiger partial charge is 0.305 e. The van der Waals surface area contributed by atoms with Gasteiger partial charge in [0.05, 0.1) is 20.3 Å². The van der Waals surface area contributed by atoms with Crippen LogP contribution in [-0.2, 0) is 14.3 Å². The number of methoxy groups -OCH3 is 1. The predicted molar refractivity (Wildman–Crippen MR) is 77.3 cm³/mol. The molecule has 0 bridgehead atoms. The fraction of sp³-hybridized carbons (Fsp3) is 0.857. The van der Waals surface area contributed by atoms with Gasteiger partial charge >= 0.3 is 5.97 Å². The predicted octanol–water partition coefficient (Wildman–Crippen LogP) is 0.539. The van der Waals surface area contributed by atoms with Crippen molar-refractivity contribution in [3.05, 3.63) is 0 Å². The standard InChI is InChI=1S/C14H28N2O4/c1-4-12(5-2)16(9-10-17)11-13(18)15-8-6-7-14(19)20-3/h12,17H,4-11H2,1-3H3,(H,15,18). The summed E-state index contributed by atoms with van der Waals surface area (Å²) in [5.41, 5.74) is 0. The molecule has 0 fully saturated rings. The zero-order valence-electron chi connectivity index (χ0n) is 12.9. The molecule has 0 aromatic rings. The van der Waals surface area contributed by atoms with Crippen LogP contribution in [0.1, 0.15) is 39.5 Å². The number of hydrogen-bond donors (Lipinski definition) is 2. The van der Waals surface area contributed by atoms with Gasteiger partial charge in [0.1, 0.15) is 0 Å². The Kier molecular flexibility index (Phi) is 11.0. The van der Waals surface area contributed by atoms with E-state index in [2.05, 4.69) is 23.9 Å². The minimum atomic E-state index is -0.266. The second kappa shape index (κ2) is 11.7. The van der Waals surface area contributed by atoms with E-state index in [0.29, 0.717) is 32.0 Å². The van der Waals surface area contributed by atoms with Gasteiger partial charge in [0.25, 0.3) is 0 Å². The third kappa shape index (κ3) is 8.12. The van der Waals surface area contributed by atoms with E-state index in [0.717, 1.165) is 12.8 Å². The van der Waals surface area contributed by atoms with E-state index >= 15 is 0 Å². The van der Waals surface area contributed by atoms with Gasteiger partial charge in [0, 0.05) is 25.6 Å². The van der Waals surface area contributed by atoms with E-state index in [9.17, 15) is 9.59 Å². The van der Waals surface area contributed by atoms with Crippen LogP contribution in [0.25, 0.3) is 0 Å². The number of aliphatic hydroxyl groups is 1. The van der Waals surface area contributed by atoms with Crippen LogP contribution in [0.15, 0.2) is 0 Å². The highest BCUT2D eigenvalue weighted by atomic mass is 16.5. The summed E-state index contributed by atoms with van der Waals surface area (Å²) >= 11 is 0. The summed E-state index contributed by atoms with van der Waals surface area (Å²) in [6.07, 6.45) is 2.78. The Morgan fingerprint density at radius 3 is 2.45 bits per heavy atom. The largest absolute Gasteiger partial charge is 0.469 e. The Morgan fingerprint density at radius 1 is 1.30 bits per heavy atom. The number of hydrogen-bond acceptors (Lipinski definition) is 5. The molecule has 0 saturated carbocycles. The minimum absolute atomic E-state index is 0.0477. The highest BCUT2D eigenvalue weighted by Crippen LogP contribution is 2.07. The number of nitrogens with zero attached hydrogens (tertiary/aromatic N) is 1. The molecule has 118 valence electrons. The zero-order valence-corrected chi connectivity index (χ0v) is 12.9. The van der Waals surface area contributed by atoms with Crippen LogP contribution in [0.5, 0.6) is 0 Å². The molecule has 0 aliphatic carbocycles. The molecule has 0 saturated heterocycles. The van der Waals surface area contributed by atoms with Gasteiger partial charge in [0.2, 0.25) is 5.91 Å². The average molecular weight is 288 g/mol. The number of esters is 1. The van der Waals surface area contributed by atoms with Gasteiger partial charge < -0.3 is 15.2 Å². The number of nitrogens with one attached hydrogen (secondary N) is 1. The average Bonchev–Trinajstić information content (AvgIpc) is 2.44. The number of ether oxygens (including phenoxy) is 1. The van der Waals surface area contributed by atoms with Crippen molar-refractivity contribution >= 4 is 11.9 Å². The van der Waals surface area contributed by atoms with Crippen molar-refractivity contribution in [2.24, 2.45) is 0 Å². The summed E-state index contributed by atoms with van der Waals surface area (Å²) in [4.78, 5) is 24.7. The van der Waals surface area contributed by atoms with E-state index < -0.39 is 0 Å². The van der Waals surface area contributed by atoms with Crippen molar-refractivity contribution in [1.82, 2.24) is 10.2 Å². The van der Waals surface area contributed by atoms with Crippen molar-refractivity contribution in [1.29, 1.82) is 0 Å².